The van der Waals surface area contributed by atoms with Gasteiger partial charge in [0.25, 0.3) is 0 Å². The van der Waals surface area contributed by atoms with Crippen molar-refractivity contribution in [2.24, 2.45) is 0 Å². The molecule has 0 heterocycles. The monoisotopic (exact) mass is 348 g/mol. The van der Waals surface area contributed by atoms with Crippen molar-refractivity contribution >= 4 is 0 Å². The van der Waals surface area contributed by atoms with Crippen LogP contribution in [0.5, 0.6) is 0 Å². The fourth-order valence-electron chi connectivity index (χ4n) is 5.56. The Labute approximate surface area is 148 Å². The third-order valence-electron chi connectivity index (χ3n) is 8.88. The van der Waals surface area contributed by atoms with Gasteiger partial charge in [-0.3, -0.25) is 0 Å². The second-order valence-electron chi connectivity index (χ2n) is 8.88. The Morgan fingerprint density at radius 3 is 0.826 bits per heavy atom. The second-order valence-corrected chi connectivity index (χ2v) is 17.1. The van der Waals surface area contributed by atoms with Crippen LogP contribution in [-0.4, -0.2) is 0 Å². The summed E-state index contributed by atoms with van der Waals surface area (Å²) >= 11 is -2.38. The summed E-state index contributed by atoms with van der Waals surface area (Å²) in [6, 6.07) is 0. The molecule has 2 aliphatic carbocycles. The van der Waals surface area contributed by atoms with E-state index in [1.165, 1.54) is 0 Å². The fraction of sp³-hybridized carbons (Fsp3) is 0.636. The summed E-state index contributed by atoms with van der Waals surface area (Å²) in [6.07, 6.45) is 0. The van der Waals surface area contributed by atoms with Crippen LogP contribution < -0.4 is 0 Å². The second kappa shape index (κ2) is 5.33. The quantitative estimate of drug-likeness (QED) is 0.444. The van der Waals surface area contributed by atoms with Gasteiger partial charge in [-0.1, -0.05) is 0 Å². The predicted octanol–water partition coefficient (Wildman–Crippen LogP) is 7.97. The van der Waals surface area contributed by atoms with Gasteiger partial charge >= 0.3 is 148 Å². The van der Waals surface area contributed by atoms with Crippen LogP contribution in [-0.2, 0) is 16.6 Å². The van der Waals surface area contributed by atoms with E-state index in [1.807, 2.05) is 0 Å². The van der Waals surface area contributed by atoms with Crippen molar-refractivity contribution in [2.45, 2.75) is 87.1 Å². The molecule has 128 valence electrons. The van der Waals surface area contributed by atoms with Gasteiger partial charge in [0.05, 0.1) is 0 Å². The minimum atomic E-state index is -2.38. The molecule has 1 heteroatoms. The molecule has 2 rings (SSSR count). The maximum absolute atomic E-state index is 2.68. The van der Waals surface area contributed by atoms with Crippen LogP contribution in [0.25, 0.3) is 0 Å². The summed E-state index contributed by atoms with van der Waals surface area (Å²) in [5, 5.41) is 5.36. The van der Waals surface area contributed by atoms with Crippen molar-refractivity contribution in [3.8, 4) is 0 Å². The molecule has 0 saturated heterocycles. The first-order chi connectivity index (χ1) is 10.3. The Kier molecular flexibility index (Phi) is 4.41. The van der Waals surface area contributed by atoms with Crippen molar-refractivity contribution < 1.29 is 16.6 Å². The average molecular weight is 348 g/mol. The van der Waals surface area contributed by atoms with E-state index in [0.29, 0.717) is 0 Å². The molecule has 0 aliphatic heterocycles. The summed E-state index contributed by atoms with van der Waals surface area (Å²) < 4.78 is 0.576. The third kappa shape index (κ3) is 1.95. The molecule has 0 spiro atoms. The Bertz CT molecular complexity index is 596. The number of rotatable bonds is 2. The van der Waals surface area contributed by atoms with Crippen molar-refractivity contribution in [1.82, 2.24) is 0 Å². The molecule has 0 saturated carbocycles. The van der Waals surface area contributed by atoms with Gasteiger partial charge in [-0.2, -0.15) is 0 Å². The topological polar surface area (TPSA) is 0 Å². The molecule has 0 atom stereocenters. The first kappa shape index (κ1) is 19.0. The Morgan fingerprint density at radius 2 is 0.652 bits per heavy atom. The summed E-state index contributed by atoms with van der Waals surface area (Å²) in [5.41, 5.74) is 12.7. The van der Waals surface area contributed by atoms with Crippen molar-refractivity contribution in [3.05, 3.63) is 44.6 Å². The van der Waals surface area contributed by atoms with Gasteiger partial charge in [0, 0.05) is 0 Å². The first-order valence-corrected chi connectivity index (χ1v) is 13.7. The van der Waals surface area contributed by atoms with E-state index in [9.17, 15) is 0 Å². The summed E-state index contributed by atoms with van der Waals surface area (Å²) in [4.78, 5) is 0. The zero-order valence-corrected chi connectivity index (χ0v) is 19.1. The molecule has 0 amide bonds. The molecule has 0 unspecified atom stereocenters. The number of allylic oxidation sites excluding steroid dienone is 8. The van der Waals surface area contributed by atoms with Gasteiger partial charge in [0.1, 0.15) is 0 Å². The first-order valence-electron chi connectivity index (χ1n) is 9.00. The normalized spacial score (nSPS) is 24.5. The van der Waals surface area contributed by atoms with Gasteiger partial charge in [0.15, 0.2) is 0 Å². The fourth-order valence-corrected chi connectivity index (χ4v) is 14.2. The predicted molar refractivity (Wildman–Crippen MR) is 102 cm³/mol. The Morgan fingerprint density at radius 1 is 0.478 bits per heavy atom. The van der Waals surface area contributed by atoms with Crippen molar-refractivity contribution in [1.29, 1.82) is 0 Å². The maximum atomic E-state index is 2.68. The van der Waals surface area contributed by atoms with E-state index >= 15 is 0 Å². The molecule has 0 aromatic heterocycles. The summed E-state index contributed by atoms with van der Waals surface area (Å²) in [5.74, 6) is 0. The Balaban J connectivity index is 2.80. The summed E-state index contributed by atoms with van der Waals surface area (Å²) in [6.45, 7) is 24.0. The van der Waals surface area contributed by atoms with Crippen molar-refractivity contribution in [2.75, 3.05) is 0 Å². The van der Waals surface area contributed by atoms with Crippen LogP contribution >= 0.6 is 0 Å². The molecule has 2 aliphatic rings. The van der Waals surface area contributed by atoms with E-state index in [0.717, 1.165) is 0 Å². The van der Waals surface area contributed by atoms with E-state index < -0.39 is 16.6 Å². The number of hydrogen-bond acceptors (Lipinski definition) is 0. The van der Waals surface area contributed by atoms with E-state index in [4.69, 9.17) is 0 Å². The van der Waals surface area contributed by atoms with E-state index in [1.54, 1.807) is 44.6 Å². The van der Waals surface area contributed by atoms with Crippen LogP contribution in [0.4, 0.5) is 0 Å². The van der Waals surface area contributed by atoms with E-state index in [2.05, 4.69) is 79.7 Å². The van der Waals surface area contributed by atoms with Gasteiger partial charge in [-0.05, 0) is 0 Å². The third-order valence-corrected chi connectivity index (χ3v) is 19.0. The van der Waals surface area contributed by atoms with Crippen LogP contribution in [0.2, 0.25) is 17.9 Å². The standard InChI is InChI=1S/2C10H15.2CH3.Ti/c2*1-6-7(2)9(4)10(5)8(6)3;;;/h2*1-5H3;2*1H3;. The van der Waals surface area contributed by atoms with Gasteiger partial charge in [0.2, 0.25) is 0 Å². The van der Waals surface area contributed by atoms with Gasteiger partial charge in [-0.25, -0.2) is 0 Å². The minimum absolute atomic E-state index is 0.288. The average Bonchev–Trinajstić information content (AvgIpc) is 2.76. The molecule has 0 bridgehead atoms. The number of hydrogen-bond donors (Lipinski definition) is 0. The molecule has 0 aromatic carbocycles. The van der Waals surface area contributed by atoms with Gasteiger partial charge < -0.3 is 0 Å². The molecule has 0 radical (unpaired) electrons. The van der Waals surface area contributed by atoms with Gasteiger partial charge in [-0.15, -0.1) is 0 Å². The van der Waals surface area contributed by atoms with Crippen LogP contribution in [0.3, 0.4) is 0 Å². The SMILES string of the molecule is CC1=C(C)[C](C)([Ti]([CH3])([CH3])[C]2(C)C(C)=C(C)C(C)=C2C)C(C)=C1C. The van der Waals surface area contributed by atoms with Crippen LogP contribution in [0.15, 0.2) is 44.6 Å². The van der Waals surface area contributed by atoms with Crippen LogP contribution in [0, 0.1) is 0 Å². The molecule has 0 aromatic rings. The van der Waals surface area contributed by atoms with Crippen molar-refractivity contribution in [3.63, 3.8) is 0 Å². The molecule has 23 heavy (non-hydrogen) atoms. The molecule has 0 fully saturated rings. The zero-order chi connectivity index (χ0) is 18.1. The summed E-state index contributed by atoms with van der Waals surface area (Å²) in [7, 11) is 0. The zero-order valence-electron chi connectivity index (χ0n) is 17.5. The molecule has 0 nitrogen and oxygen atoms in total. The Hall–Kier alpha value is -0.326. The van der Waals surface area contributed by atoms with Crippen LogP contribution in [0.1, 0.15) is 69.2 Å². The molecular formula is C22H36Ti. The molecular weight excluding hydrogens is 312 g/mol. The molecule has 0 N–H and O–H groups in total. The van der Waals surface area contributed by atoms with E-state index in [-0.39, 0.29) is 7.44 Å².